The fraction of sp³-hybridized carbons (Fsp3) is 0.0909. The van der Waals surface area contributed by atoms with E-state index in [1.54, 1.807) is 25.1 Å². The Morgan fingerprint density at radius 3 is 3.00 bits per heavy atom. The number of benzene rings is 1. The normalized spacial score (nSPS) is 12.9. The largest absolute Gasteiger partial charge is 0.411 e. The predicted octanol–water partition coefficient (Wildman–Crippen LogP) is 1.64. The lowest BCUT2D eigenvalue weighted by molar-refractivity contribution is 0.322. The number of oxime groups is 1. The Hall–Kier alpha value is -2.10. The molecule has 15 heavy (non-hydrogen) atoms. The maximum atomic E-state index is 12.0. The van der Waals surface area contributed by atoms with Crippen LogP contribution in [0.15, 0.2) is 34.2 Å². The number of H-pyrrole nitrogens is 1. The Kier molecular flexibility index (Phi) is 1.96. The Bertz CT molecular complexity index is 631. The number of aromatic nitrogens is 1. The van der Waals surface area contributed by atoms with Crippen molar-refractivity contribution >= 4 is 17.1 Å². The second kappa shape index (κ2) is 3.57. The Balaban J connectivity index is 2.92. The zero-order valence-electron chi connectivity index (χ0n) is 9.11. The summed E-state index contributed by atoms with van der Waals surface area (Å²) in [4.78, 5) is 15.0. The molecular weight excluding hydrogens is 192 g/mol. The minimum absolute atomic E-state index is 0.0983. The van der Waals surface area contributed by atoms with Crippen LogP contribution in [0.5, 0.6) is 0 Å². The van der Waals surface area contributed by atoms with Crippen LogP contribution in [0.1, 0.15) is 12.6 Å². The van der Waals surface area contributed by atoms with Crippen LogP contribution in [-0.4, -0.2) is 16.4 Å². The van der Waals surface area contributed by atoms with Crippen molar-refractivity contribution < 1.29 is 6.58 Å². The molecule has 0 unspecified atom stereocenters. The number of nitrogens with one attached hydrogen (secondary N) is 1. The Morgan fingerprint density at radius 1 is 1.53 bits per heavy atom. The molecule has 1 aromatic heterocycles. The van der Waals surface area contributed by atoms with E-state index < -0.39 is 6.19 Å². The number of fused-ring (bicyclic) bond motifs is 1. The van der Waals surface area contributed by atoms with Gasteiger partial charge in [0.25, 0.3) is 0 Å². The second-order valence-electron chi connectivity index (χ2n) is 3.21. The number of nitrogens with zero attached hydrogens (tertiary/aromatic N) is 1. The molecule has 0 aliphatic carbocycles. The summed E-state index contributed by atoms with van der Waals surface area (Å²) in [5, 5.41) is 11.8. The van der Waals surface area contributed by atoms with Gasteiger partial charge in [0.05, 0.1) is 13.1 Å². The fourth-order valence-corrected chi connectivity index (χ4v) is 1.54. The lowest BCUT2D eigenvalue weighted by Crippen LogP contribution is -2.12. The van der Waals surface area contributed by atoms with Crippen molar-refractivity contribution in [1.82, 2.24) is 4.98 Å². The van der Waals surface area contributed by atoms with Crippen molar-refractivity contribution in [2.45, 2.75) is 6.92 Å². The molecule has 0 amide bonds. The molecule has 0 aliphatic rings. The van der Waals surface area contributed by atoms with Gasteiger partial charge in [0.1, 0.15) is 0 Å². The van der Waals surface area contributed by atoms with Crippen molar-refractivity contribution in [2.75, 3.05) is 0 Å². The molecule has 0 atom stereocenters. The van der Waals surface area contributed by atoms with E-state index in [2.05, 4.69) is 10.1 Å². The van der Waals surface area contributed by atoms with E-state index in [9.17, 15) is 4.79 Å². The van der Waals surface area contributed by atoms with Crippen LogP contribution in [0.4, 0.5) is 0 Å². The molecular formula is C11H10N2O2. The minimum atomic E-state index is -0.426. The number of aromatic amines is 1. The van der Waals surface area contributed by atoms with E-state index in [1.807, 2.05) is 6.07 Å². The lowest BCUT2D eigenvalue weighted by atomic mass is 10.1. The summed E-state index contributed by atoms with van der Waals surface area (Å²) < 4.78 is 7.40. The average molecular weight is 204 g/mol. The molecule has 0 bridgehead atoms. The van der Waals surface area contributed by atoms with Crippen LogP contribution in [-0.2, 0) is 0 Å². The van der Waals surface area contributed by atoms with Crippen LogP contribution in [0.2, 0.25) is 0 Å². The van der Waals surface area contributed by atoms with Crippen molar-refractivity contribution in [3.05, 3.63) is 45.7 Å². The first-order valence-corrected chi connectivity index (χ1v) is 4.46. The fourth-order valence-electron chi connectivity index (χ4n) is 1.54. The van der Waals surface area contributed by atoms with E-state index in [0.717, 1.165) is 0 Å². The molecule has 2 N–H and O–H groups in total. The smallest absolute Gasteiger partial charge is 0.198 e. The molecule has 0 aliphatic heterocycles. The summed E-state index contributed by atoms with van der Waals surface area (Å²) in [7, 11) is 0. The van der Waals surface area contributed by atoms with Crippen LogP contribution in [0, 0.1) is 6.92 Å². The molecule has 2 rings (SSSR count). The molecule has 4 nitrogen and oxygen atoms in total. The third-order valence-corrected chi connectivity index (χ3v) is 2.26. The SMILES string of the molecule is [3H]/C(=N\O)c1c(C)[nH]c2ccccc2c1=O. The van der Waals surface area contributed by atoms with E-state index in [4.69, 9.17) is 6.58 Å². The molecule has 0 spiro atoms. The summed E-state index contributed by atoms with van der Waals surface area (Å²) in [6, 6.07) is 7.02. The molecule has 0 saturated heterocycles. The maximum absolute atomic E-state index is 12.0. The number of aryl methyl sites for hydroxylation is 1. The van der Waals surface area contributed by atoms with E-state index in [0.29, 0.717) is 16.6 Å². The molecule has 0 fully saturated rings. The molecule has 0 saturated carbocycles. The predicted molar refractivity (Wildman–Crippen MR) is 58.7 cm³/mol. The zero-order chi connectivity index (χ0) is 11.7. The van der Waals surface area contributed by atoms with Gasteiger partial charge in [-0.1, -0.05) is 17.3 Å². The van der Waals surface area contributed by atoms with Crippen LogP contribution >= 0.6 is 0 Å². The molecule has 1 heterocycles. The highest BCUT2D eigenvalue weighted by molar-refractivity contribution is 5.88. The number of pyridine rings is 1. The van der Waals surface area contributed by atoms with Gasteiger partial charge in [-0.25, -0.2) is 0 Å². The lowest BCUT2D eigenvalue weighted by Gasteiger charge is -2.02. The molecule has 2 aromatic rings. The van der Waals surface area contributed by atoms with E-state index >= 15 is 0 Å². The van der Waals surface area contributed by atoms with E-state index in [1.165, 1.54) is 0 Å². The first-order chi connectivity index (χ1) is 7.65. The van der Waals surface area contributed by atoms with Gasteiger partial charge in [0, 0.05) is 16.6 Å². The van der Waals surface area contributed by atoms with Gasteiger partial charge in [-0.3, -0.25) is 4.79 Å². The summed E-state index contributed by atoms with van der Waals surface area (Å²) in [6.45, 7) is 1.67. The standard InChI is InChI=1S/C11H10N2O2/c1-7-9(6-12-15)11(14)8-4-2-3-5-10(8)13-7/h2-6,15H,1H3,(H,13,14)/b12-6+/i6T. The van der Waals surface area contributed by atoms with Gasteiger partial charge in [0.15, 0.2) is 5.43 Å². The molecule has 4 heteroatoms. The van der Waals surface area contributed by atoms with Gasteiger partial charge in [-0.15, -0.1) is 0 Å². The highest BCUT2D eigenvalue weighted by Gasteiger charge is 2.06. The molecule has 1 aromatic carbocycles. The number of hydrogen-bond acceptors (Lipinski definition) is 3. The van der Waals surface area contributed by atoms with Crippen molar-refractivity contribution in [2.24, 2.45) is 5.16 Å². The number of rotatable bonds is 1. The van der Waals surface area contributed by atoms with Gasteiger partial charge >= 0.3 is 0 Å². The first kappa shape index (κ1) is 8.23. The van der Waals surface area contributed by atoms with Crippen molar-refractivity contribution in [3.63, 3.8) is 0 Å². The monoisotopic (exact) mass is 204 g/mol. The Morgan fingerprint density at radius 2 is 2.27 bits per heavy atom. The third kappa shape index (κ3) is 1.50. The van der Waals surface area contributed by atoms with Gasteiger partial charge in [0.2, 0.25) is 0 Å². The summed E-state index contributed by atoms with van der Waals surface area (Å²) in [6.07, 6.45) is -0.426. The maximum Gasteiger partial charge on any atom is 0.198 e. The van der Waals surface area contributed by atoms with Crippen LogP contribution in [0.25, 0.3) is 10.9 Å². The number of hydrogen-bond donors (Lipinski definition) is 2. The molecule has 0 radical (unpaired) electrons. The highest BCUT2D eigenvalue weighted by Crippen LogP contribution is 2.09. The van der Waals surface area contributed by atoms with Crippen LogP contribution in [0.3, 0.4) is 0 Å². The average Bonchev–Trinajstić information content (AvgIpc) is 2.28. The summed E-state index contributed by atoms with van der Waals surface area (Å²) in [5.41, 5.74) is 1.03. The molecule has 76 valence electrons. The second-order valence-corrected chi connectivity index (χ2v) is 3.21. The van der Waals surface area contributed by atoms with Crippen molar-refractivity contribution in [1.29, 1.82) is 0 Å². The summed E-state index contributed by atoms with van der Waals surface area (Å²) in [5.74, 6) is 0. The van der Waals surface area contributed by atoms with E-state index in [-0.39, 0.29) is 11.0 Å². The zero-order valence-corrected chi connectivity index (χ0v) is 8.11. The van der Waals surface area contributed by atoms with Gasteiger partial charge in [-0.2, -0.15) is 0 Å². The first-order valence-electron chi connectivity index (χ1n) is 4.96. The Labute approximate surface area is 87.3 Å². The third-order valence-electron chi connectivity index (χ3n) is 2.26. The number of para-hydroxylation sites is 1. The van der Waals surface area contributed by atoms with Crippen molar-refractivity contribution in [3.8, 4) is 0 Å². The van der Waals surface area contributed by atoms with Gasteiger partial charge < -0.3 is 10.2 Å². The highest BCUT2D eigenvalue weighted by atomic mass is 16.4. The quantitative estimate of drug-likeness (QED) is 0.421. The van der Waals surface area contributed by atoms with Gasteiger partial charge in [-0.05, 0) is 19.1 Å². The summed E-state index contributed by atoms with van der Waals surface area (Å²) >= 11 is 0. The minimum Gasteiger partial charge on any atom is -0.411 e. The topological polar surface area (TPSA) is 65.5 Å². The van der Waals surface area contributed by atoms with Crippen LogP contribution < -0.4 is 5.43 Å².